The lowest BCUT2D eigenvalue weighted by atomic mass is 9.69. The third-order valence-electron chi connectivity index (χ3n) is 9.02. The standard InChI is InChI=1S/C33H28F5N3O6/c1-18(20-8-11-24-26(14-20)47-33(37,38)46-24)31(16-44-17-31)27-15-21(12-13-39-27)41-28-23(29(40-41)32(34,35)36)4-3-5-25(28)45-22-9-6-19(7-10-22)30(42)43-2/h6-15,18,25H,3-5,16-17H2,1-2H3. The van der Waals surface area contributed by atoms with Crippen LogP contribution < -0.4 is 14.2 Å². The van der Waals surface area contributed by atoms with Crippen molar-refractivity contribution in [2.45, 2.75) is 56.1 Å². The molecule has 4 aromatic rings. The second kappa shape index (κ2) is 11.2. The maximum Gasteiger partial charge on any atom is 0.586 e. The molecule has 1 aliphatic carbocycles. The van der Waals surface area contributed by atoms with Gasteiger partial charge in [-0.15, -0.1) is 8.78 Å². The van der Waals surface area contributed by atoms with Gasteiger partial charge in [0.2, 0.25) is 0 Å². The van der Waals surface area contributed by atoms with E-state index in [0.29, 0.717) is 41.1 Å². The van der Waals surface area contributed by atoms with E-state index in [2.05, 4.69) is 19.6 Å². The molecule has 9 nitrogen and oxygen atoms in total. The molecule has 1 saturated heterocycles. The van der Waals surface area contributed by atoms with Gasteiger partial charge in [-0.2, -0.15) is 18.3 Å². The van der Waals surface area contributed by atoms with Gasteiger partial charge in [-0.05, 0) is 79.3 Å². The summed E-state index contributed by atoms with van der Waals surface area (Å²) in [5, 5.41) is 4.09. The average Bonchev–Trinajstić information content (AvgIpc) is 3.57. The van der Waals surface area contributed by atoms with E-state index in [4.69, 9.17) is 14.2 Å². The third-order valence-corrected chi connectivity index (χ3v) is 9.02. The summed E-state index contributed by atoms with van der Waals surface area (Å²) in [5.41, 5.74) is 0.509. The molecular weight excluding hydrogens is 629 g/mol. The van der Waals surface area contributed by atoms with E-state index in [1.165, 1.54) is 42.3 Å². The molecule has 0 bridgehead atoms. The van der Waals surface area contributed by atoms with Gasteiger partial charge in [0, 0.05) is 11.8 Å². The number of halogens is 5. The Hall–Kier alpha value is -4.72. The van der Waals surface area contributed by atoms with Crippen LogP contribution in [-0.4, -0.2) is 47.4 Å². The Balaban J connectivity index is 1.25. The van der Waals surface area contributed by atoms with E-state index in [1.807, 2.05) is 6.92 Å². The number of esters is 1. The smallest absolute Gasteiger partial charge is 0.484 e. The van der Waals surface area contributed by atoms with Gasteiger partial charge in [-0.1, -0.05) is 13.0 Å². The molecule has 0 spiro atoms. The molecule has 47 heavy (non-hydrogen) atoms. The van der Waals surface area contributed by atoms with Crippen LogP contribution in [0.4, 0.5) is 22.0 Å². The van der Waals surface area contributed by atoms with Gasteiger partial charge in [0.05, 0.1) is 48.4 Å². The molecule has 2 aromatic carbocycles. The first kappa shape index (κ1) is 30.9. The van der Waals surface area contributed by atoms with Crippen molar-refractivity contribution >= 4 is 5.97 Å². The van der Waals surface area contributed by atoms with Gasteiger partial charge in [-0.25, -0.2) is 9.48 Å². The van der Waals surface area contributed by atoms with Crippen LogP contribution >= 0.6 is 0 Å². The molecule has 3 aliphatic rings. The molecule has 7 rings (SSSR count). The molecule has 1 fully saturated rings. The largest absolute Gasteiger partial charge is 0.586 e. The van der Waals surface area contributed by atoms with Crippen LogP contribution in [0.25, 0.3) is 5.69 Å². The number of fused-ring (bicyclic) bond motifs is 2. The topological polar surface area (TPSA) is 93.9 Å². The summed E-state index contributed by atoms with van der Waals surface area (Å²) in [6.45, 7) is 2.39. The first-order valence-corrected chi connectivity index (χ1v) is 14.9. The first-order chi connectivity index (χ1) is 22.4. The first-order valence-electron chi connectivity index (χ1n) is 14.9. The molecule has 2 unspecified atom stereocenters. The van der Waals surface area contributed by atoms with Gasteiger partial charge in [-0.3, -0.25) is 4.98 Å². The quantitative estimate of drug-likeness (QED) is 0.156. The van der Waals surface area contributed by atoms with E-state index in [-0.39, 0.29) is 48.3 Å². The number of carbonyl (C=O) groups excluding carboxylic acids is 1. The number of hydrogen-bond donors (Lipinski definition) is 0. The van der Waals surface area contributed by atoms with Crippen molar-refractivity contribution in [3.05, 3.63) is 94.6 Å². The van der Waals surface area contributed by atoms with Crippen LogP contribution in [0.1, 0.15) is 70.4 Å². The number of rotatable bonds is 7. The lowest BCUT2D eigenvalue weighted by Crippen LogP contribution is -2.51. The second-order valence-corrected chi connectivity index (χ2v) is 11.8. The zero-order valence-corrected chi connectivity index (χ0v) is 25.1. The Kier molecular flexibility index (Phi) is 7.38. The van der Waals surface area contributed by atoms with E-state index in [1.54, 1.807) is 30.3 Å². The van der Waals surface area contributed by atoms with Crippen LogP contribution in [0, 0.1) is 0 Å². The van der Waals surface area contributed by atoms with E-state index >= 15 is 0 Å². The van der Waals surface area contributed by atoms with Crippen LogP contribution in [0.3, 0.4) is 0 Å². The van der Waals surface area contributed by atoms with Crippen molar-refractivity contribution < 1.29 is 50.4 Å². The van der Waals surface area contributed by atoms with Crippen LogP contribution in [-0.2, 0) is 27.5 Å². The van der Waals surface area contributed by atoms with Crippen molar-refractivity contribution in [2.75, 3.05) is 20.3 Å². The molecular formula is C33H28F5N3O6. The predicted octanol–water partition coefficient (Wildman–Crippen LogP) is 6.92. The molecule has 2 aliphatic heterocycles. The lowest BCUT2D eigenvalue weighted by molar-refractivity contribution is -0.286. The number of aromatic nitrogens is 3. The number of alkyl halides is 5. The fourth-order valence-electron chi connectivity index (χ4n) is 6.45. The Morgan fingerprint density at radius 3 is 2.47 bits per heavy atom. The van der Waals surface area contributed by atoms with Gasteiger partial charge < -0.3 is 23.7 Å². The molecule has 0 saturated carbocycles. The van der Waals surface area contributed by atoms with Gasteiger partial charge in [0.1, 0.15) is 11.9 Å². The Morgan fingerprint density at radius 2 is 1.79 bits per heavy atom. The van der Waals surface area contributed by atoms with Crippen molar-refractivity contribution in [3.8, 4) is 22.9 Å². The highest BCUT2D eigenvalue weighted by molar-refractivity contribution is 5.89. The zero-order chi connectivity index (χ0) is 33.1. The molecule has 0 N–H and O–H groups in total. The summed E-state index contributed by atoms with van der Waals surface area (Å²) in [5.74, 6) is -0.645. The van der Waals surface area contributed by atoms with Crippen LogP contribution in [0.15, 0.2) is 60.8 Å². The van der Waals surface area contributed by atoms with E-state index < -0.39 is 35.7 Å². The summed E-state index contributed by atoms with van der Waals surface area (Å²) >= 11 is 0. The Bertz CT molecular complexity index is 1840. The van der Waals surface area contributed by atoms with Crippen LogP contribution in [0.2, 0.25) is 0 Å². The number of hydrogen-bond acceptors (Lipinski definition) is 8. The third kappa shape index (κ3) is 5.43. The van der Waals surface area contributed by atoms with E-state index in [9.17, 15) is 26.7 Å². The maximum absolute atomic E-state index is 14.3. The number of nitrogens with zero attached hydrogens (tertiary/aromatic N) is 3. The summed E-state index contributed by atoms with van der Waals surface area (Å²) in [6, 6.07) is 14.0. The number of ether oxygens (including phenoxy) is 5. The minimum Gasteiger partial charge on any atom is -0.484 e. The lowest BCUT2D eigenvalue weighted by Gasteiger charge is -2.45. The summed E-state index contributed by atoms with van der Waals surface area (Å²) in [7, 11) is 1.27. The number of methoxy groups -OCH3 is 1. The molecule has 0 amide bonds. The Morgan fingerprint density at radius 1 is 1.04 bits per heavy atom. The van der Waals surface area contributed by atoms with Crippen molar-refractivity contribution in [1.82, 2.24) is 14.8 Å². The minimum atomic E-state index is -4.71. The summed E-state index contributed by atoms with van der Waals surface area (Å²) in [6.07, 6.45) is -6.68. The molecule has 0 radical (unpaired) electrons. The zero-order valence-electron chi connectivity index (χ0n) is 25.1. The van der Waals surface area contributed by atoms with Crippen molar-refractivity contribution in [3.63, 3.8) is 0 Å². The SMILES string of the molecule is COC(=O)c1ccc(OC2CCCc3c(C(F)(F)F)nn(-c4ccnc(C5(C(C)c6ccc7c(c6)OC(F)(F)O7)COC5)c4)c32)cc1. The second-order valence-electron chi connectivity index (χ2n) is 11.8. The number of carbonyl (C=O) groups is 1. The normalized spacial score (nSPS) is 19.8. The van der Waals surface area contributed by atoms with Gasteiger partial charge >= 0.3 is 18.4 Å². The number of pyridine rings is 1. The molecule has 2 aromatic heterocycles. The minimum absolute atomic E-state index is 0.0607. The predicted molar refractivity (Wildman–Crippen MR) is 154 cm³/mol. The van der Waals surface area contributed by atoms with E-state index in [0.717, 1.165) is 0 Å². The highest BCUT2D eigenvalue weighted by atomic mass is 19.4. The maximum atomic E-state index is 14.3. The molecule has 4 heterocycles. The van der Waals surface area contributed by atoms with Crippen LogP contribution in [0.5, 0.6) is 17.2 Å². The monoisotopic (exact) mass is 657 g/mol. The fourth-order valence-corrected chi connectivity index (χ4v) is 6.45. The van der Waals surface area contributed by atoms with Gasteiger partial charge in [0.15, 0.2) is 17.2 Å². The number of benzene rings is 2. The molecule has 14 heteroatoms. The highest BCUT2D eigenvalue weighted by Crippen LogP contribution is 2.49. The summed E-state index contributed by atoms with van der Waals surface area (Å²) < 4.78 is 97.4. The fraction of sp³-hybridized carbons (Fsp3) is 0.364. The highest BCUT2D eigenvalue weighted by Gasteiger charge is 2.49. The summed E-state index contributed by atoms with van der Waals surface area (Å²) in [4.78, 5) is 16.5. The average molecular weight is 658 g/mol. The molecule has 2 atom stereocenters. The molecule has 246 valence electrons. The Labute approximate surface area is 265 Å². The van der Waals surface area contributed by atoms with Gasteiger partial charge in [0.25, 0.3) is 0 Å². The van der Waals surface area contributed by atoms with Crippen molar-refractivity contribution in [2.24, 2.45) is 0 Å². The van der Waals surface area contributed by atoms with Crippen molar-refractivity contribution in [1.29, 1.82) is 0 Å².